The predicted octanol–water partition coefficient (Wildman–Crippen LogP) is 0.665. The first-order valence-corrected chi connectivity index (χ1v) is 3.96. The predicted molar refractivity (Wildman–Crippen MR) is 41.2 cm³/mol. The van der Waals surface area contributed by atoms with Gasteiger partial charge >= 0.3 is 6.18 Å². The fraction of sp³-hybridized carbons (Fsp3) is 1.00. The number of aliphatic hydroxyl groups excluding tert-OH is 1. The molecule has 80 valence electrons. The first kappa shape index (κ1) is 12.7. The lowest BCUT2D eigenvalue weighted by Crippen LogP contribution is -2.26. The van der Waals surface area contributed by atoms with Crippen molar-refractivity contribution in [3.8, 4) is 0 Å². The lowest BCUT2D eigenvalue weighted by molar-refractivity contribution is -0.145. The monoisotopic (exact) mass is 201 g/mol. The minimum atomic E-state index is -4.17. The summed E-state index contributed by atoms with van der Waals surface area (Å²) in [5.74, 6) is 0. The fourth-order valence-corrected chi connectivity index (χ4v) is 0.616. The Morgan fingerprint density at radius 3 is 2.38 bits per heavy atom. The van der Waals surface area contributed by atoms with Gasteiger partial charge in [-0.3, -0.25) is 0 Å². The molecule has 3 nitrogen and oxygen atoms in total. The third kappa shape index (κ3) is 9.59. The number of rotatable bonds is 6. The Morgan fingerprint density at radius 1 is 1.31 bits per heavy atom. The topological polar surface area (TPSA) is 55.5 Å². The van der Waals surface area contributed by atoms with Crippen molar-refractivity contribution in [2.24, 2.45) is 5.73 Å². The lowest BCUT2D eigenvalue weighted by Gasteiger charge is -2.09. The van der Waals surface area contributed by atoms with Crippen LogP contribution in [0.5, 0.6) is 0 Å². The summed E-state index contributed by atoms with van der Waals surface area (Å²) in [6.45, 7) is -0.373. The second kappa shape index (κ2) is 6.17. The summed E-state index contributed by atoms with van der Waals surface area (Å²) in [4.78, 5) is 0. The van der Waals surface area contributed by atoms with E-state index in [2.05, 4.69) is 4.74 Å². The zero-order valence-corrected chi connectivity index (χ0v) is 7.18. The molecule has 0 saturated carbocycles. The van der Waals surface area contributed by atoms with E-state index in [4.69, 9.17) is 10.8 Å². The van der Waals surface area contributed by atoms with Gasteiger partial charge in [0.2, 0.25) is 0 Å². The van der Waals surface area contributed by atoms with Gasteiger partial charge in [-0.25, -0.2) is 0 Å². The van der Waals surface area contributed by atoms with Crippen LogP contribution in [0.4, 0.5) is 13.2 Å². The summed E-state index contributed by atoms with van der Waals surface area (Å²) in [6, 6.07) is -0.411. The fourth-order valence-electron chi connectivity index (χ4n) is 0.616. The molecule has 0 bridgehead atoms. The van der Waals surface area contributed by atoms with E-state index in [0.29, 0.717) is 6.42 Å². The van der Waals surface area contributed by atoms with Gasteiger partial charge in [0, 0.05) is 12.6 Å². The van der Waals surface area contributed by atoms with Crippen molar-refractivity contribution in [1.82, 2.24) is 0 Å². The molecular weight excluding hydrogens is 187 g/mol. The Balaban J connectivity index is 3.18. The van der Waals surface area contributed by atoms with E-state index in [1.54, 1.807) is 0 Å². The van der Waals surface area contributed by atoms with Crippen LogP contribution in [0.25, 0.3) is 0 Å². The zero-order chi connectivity index (χ0) is 10.3. The van der Waals surface area contributed by atoms with Crippen LogP contribution < -0.4 is 5.73 Å². The highest BCUT2D eigenvalue weighted by Crippen LogP contribution is 2.18. The second-order valence-electron chi connectivity index (χ2n) is 2.71. The molecule has 0 radical (unpaired) electrons. The highest BCUT2D eigenvalue weighted by atomic mass is 19.4. The SMILES string of the molecule is NC(CO)CCOCCC(F)(F)F. The number of alkyl halides is 3. The molecule has 0 aromatic carbocycles. The van der Waals surface area contributed by atoms with Crippen LogP contribution in [0, 0.1) is 0 Å². The maximum Gasteiger partial charge on any atom is 0.391 e. The van der Waals surface area contributed by atoms with Gasteiger partial charge in [-0.2, -0.15) is 13.2 Å². The highest BCUT2D eigenvalue weighted by Gasteiger charge is 2.26. The number of nitrogens with two attached hydrogens (primary N) is 1. The molecule has 0 aliphatic heterocycles. The van der Waals surface area contributed by atoms with Crippen molar-refractivity contribution in [2.45, 2.75) is 25.1 Å². The van der Waals surface area contributed by atoms with Crippen molar-refractivity contribution >= 4 is 0 Å². The maximum atomic E-state index is 11.6. The molecule has 1 atom stereocenters. The largest absolute Gasteiger partial charge is 0.395 e. The summed E-state index contributed by atoms with van der Waals surface area (Å²) in [5.41, 5.74) is 5.29. The van der Waals surface area contributed by atoms with Crippen LogP contribution in [0.2, 0.25) is 0 Å². The summed E-state index contributed by atoms with van der Waals surface area (Å²) in [6.07, 6.45) is -4.74. The number of hydrogen-bond donors (Lipinski definition) is 2. The molecule has 0 heterocycles. The van der Waals surface area contributed by atoms with Crippen LogP contribution in [0.1, 0.15) is 12.8 Å². The molecule has 0 aliphatic carbocycles. The van der Waals surface area contributed by atoms with E-state index in [9.17, 15) is 13.2 Å². The normalized spacial score (nSPS) is 14.5. The van der Waals surface area contributed by atoms with Gasteiger partial charge in [0.25, 0.3) is 0 Å². The van der Waals surface area contributed by atoms with E-state index in [-0.39, 0.29) is 19.8 Å². The minimum absolute atomic E-state index is 0.151. The molecule has 1 unspecified atom stereocenters. The molecule has 0 rings (SSSR count). The van der Waals surface area contributed by atoms with Crippen LogP contribution in [-0.2, 0) is 4.74 Å². The Labute approximate surface area is 74.7 Å². The summed E-state index contributed by atoms with van der Waals surface area (Å²) < 4.78 is 39.4. The summed E-state index contributed by atoms with van der Waals surface area (Å²) in [5, 5.41) is 8.46. The Kier molecular flexibility index (Phi) is 6.02. The molecule has 0 amide bonds. The van der Waals surface area contributed by atoms with Crippen molar-refractivity contribution in [3.63, 3.8) is 0 Å². The van der Waals surface area contributed by atoms with Gasteiger partial charge in [-0.15, -0.1) is 0 Å². The number of halogens is 3. The van der Waals surface area contributed by atoms with E-state index in [1.165, 1.54) is 0 Å². The Hall–Kier alpha value is -0.330. The average Bonchev–Trinajstić information content (AvgIpc) is 2.01. The molecule has 3 N–H and O–H groups in total. The van der Waals surface area contributed by atoms with Gasteiger partial charge in [-0.05, 0) is 6.42 Å². The maximum absolute atomic E-state index is 11.6. The van der Waals surface area contributed by atoms with Gasteiger partial charge in [0.15, 0.2) is 0 Å². The standard InChI is InChI=1S/C7H14F3NO2/c8-7(9,10)2-4-13-3-1-6(11)5-12/h6,12H,1-5,11H2. The Bertz CT molecular complexity index is 129. The third-order valence-electron chi connectivity index (χ3n) is 1.40. The van der Waals surface area contributed by atoms with Crippen LogP contribution in [0.15, 0.2) is 0 Å². The van der Waals surface area contributed by atoms with Crippen LogP contribution >= 0.6 is 0 Å². The van der Waals surface area contributed by atoms with Crippen molar-refractivity contribution in [1.29, 1.82) is 0 Å². The molecule has 0 saturated heterocycles. The molecular formula is C7H14F3NO2. The average molecular weight is 201 g/mol. The van der Waals surface area contributed by atoms with E-state index < -0.39 is 18.6 Å². The van der Waals surface area contributed by atoms with Crippen molar-refractivity contribution < 1.29 is 23.0 Å². The van der Waals surface area contributed by atoms with Gasteiger partial charge < -0.3 is 15.6 Å². The first-order valence-electron chi connectivity index (χ1n) is 3.96. The van der Waals surface area contributed by atoms with Gasteiger partial charge in [-0.1, -0.05) is 0 Å². The van der Waals surface area contributed by atoms with Gasteiger partial charge in [0.1, 0.15) is 0 Å². The van der Waals surface area contributed by atoms with Gasteiger partial charge in [0.05, 0.1) is 19.6 Å². The van der Waals surface area contributed by atoms with Crippen LogP contribution in [-0.4, -0.2) is 37.1 Å². The third-order valence-corrected chi connectivity index (χ3v) is 1.40. The smallest absolute Gasteiger partial charge is 0.391 e. The van der Waals surface area contributed by atoms with E-state index in [0.717, 1.165) is 0 Å². The Morgan fingerprint density at radius 2 is 1.92 bits per heavy atom. The summed E-state index contributed by atoms with van der Waals surface area (Å²) >= 11 is 0. The second-order valence-corrected chi connectivity index (χ2v) is 2.71. The number of ether oxygens (including phenoxy) is 1. The van der Waals surface area contributed by atoms with E-state index in [1.807, 2.05) is 0 Å². The molecule has 0 aromatic heterocycles. The molecule has 0 fully saturated rings. The van der Waals surface area contributed by atoms with E-state index >= 15 is 0 Å². The van der Waals surface area contributed by atoms with Crippen molar-refractivity contribution in [3.05, 3.63) is 0 Å². The molecule has 6 heteroatoms. The molecule has 0 spiro atoms. The molecule has 0 aliphatic rings. The quantitative estimate of drug-likeness (QED) is 0.621. The lowest BCUT2D eigenvalue weighted by atomic mass is 10.2. The number of aliphatic hydroxyl groups is 1. The number of hydrogen-bond acceptors (Lipinski definition) is 3. The molecule has 13 heavy (non-hydrogen) atoms. The minimum Gasteiger partial charge on any atom is -0.395 e. The van der Waals surface area contributed by atoms with Crippen LogP contribution in [0.3, 0.4) is 0 Å². The molecule has 0 aromatic rings. The highest BCUT2D eigenvalue weighted by molar-refractivity contribution is 4.57. The first-order chi connectivity index (χ1) is 5.95. The zero-order valence-electron chi connectivity index (χ0n) is 7.18. The summed E-state index contributed by atoms with van der Waals surface area (Å²) in [7, 11) is 0. The van der Waals surface area contributed by atoms with Crippen molar-refractivity contribution in [2.75, 3.05) is 19.8 Å².